The summed E-state index contributed by atoms with van der Waals surface area (Å²) in [6.45, 7) is 5.01. The molecule has 1 aliphatic heterocycles. The molecule has 1 saturated heterocycles. The van der Waals surface area contributed by atoms with Crippen LogP contribution in [0.2, 0.25) is 0 Å². The monoisotopic (exact) mass is 651 g/mol. The van der Waals surface area contributed by atoms with Crippen LogP contribution in [0, 0.1) is 18.6 Å². The van der Waals surface area contributed by atoms with Gasteiger partial charge < -0.3 is 9.64 Å². The van der Waals surface area contributed by atoms with Crippen molar-refractivity contribution in [2.24, 2.45) is 0 Å². The van der Waals surface area contributed by atoms with Crippen LogP contribution in [-0.4, -0.2) is 72.1 Å². The van der Waals surface area contributed by atoms with Crippen molar-refractivity contribution in [1.82, 2.24) is 18.7 Å². The van der Waals surface area contributed by atoms with Gasteiger partial charge in [0, 0.05) is 54.4 Å². The number of anilines is 1. The molecule has 0 radical (unpaired) electrons. The molecule has 0 unspecified atom stereocenters. The summed E-state index contributed by atoms with van der Waals surface area (Å²) in [6.07, 6.45) is 2.50. The maximum atomic E-state index is 16.2. The van der Waals surface area contributed by atoms with E-state index < -0.39 is 21.7 Å². The summed E-state index contributed by atoms with van der Waals surface area (Å²) in [6, 6.07) is 13.6. The zero-order valence-corrected chi connectivity index (χ0v) is 26.6. The van der Waals surface area contributed by atoms with Crippen molar-refractivity contribution in [3.8, 4) is 33.1 Å². The fourth-order valence-corrected chi connectivity index (χ4v) is 7.80. The molecule has 6 rings (SSSR count). The second-order valence-electron chi connectivity index (χ2n) is 10.7. The lowest BCUT2D eigenvalue weighted by Gasteiger charge is -2.35. The molecule has 0 amide bonds. The molecular weight excluding hydrogens is 621 g/mol. The Morgan fingerprint density at radius 1 is 0.978 bits per heavy atom. The Kier molecular flexibility index (Phi) is 8.42. The SMILES string of the molecule is CCc1nc2ccc(N3CCN(S(=O)(=O)CC(=O)OC)CC3)cn2c1-c1ccc(-c2nc(-c3ccc(F)cc3)cs2)c(C)c1F. The Morgan fingerprint density at radius 2 is 1.69 bits per heavy atom. The molecule has 0 N–H and O–H groups in total. The number of benzene rings is 2. The molecular formula is C32H31F2N5O4S2. The summed E-state index contributed by atoms with van der Waals surface area (Å²) in [7, 11) is -2.60. The maximum Gasteiger partial charge on any atom is 0.322 e. The number of nitrogens with zero attached hydrogens (tertiary/aromatic N) is 5. The van der Waals surface area contributed by atoms with Gasteiger partial charge in [0.05, 0.1) is 29.9 Å². The van der Waals surface area contributed by atoms with Crippen LogP contribution < -0.4 is 4.90 Å². The summed E-state index contributed by atoms with van der Waals surface area (Å²) >= 11 is 1.40. The van der Waals surface area contributed by atoms with E-state index in [2.05, 4.69) is 9.64 Å². The highest BCUT2D eigenvalue weighted by Gasteiger charge is 2.30. The van der Waals surface area contributed by atoms with Gasteiger partial charge in [-0.25, -0.2) is 27.2 Å². The minimum Gasteiger partial charge on any atom is -0.468 e. The van der Waals surface area contributed by atoms with Crippen LogP contribution in [0.25, 0.3) is 38.7 Å². The summed E-state index contributed by atoms with van der Waals surface area (Å²) < 4.78 is 62.6. The average Bonchev–Trinajstić information content (AvgIpc) is 3.67. The Morgan fingerprint density at radius 3 is 2.38 bits per heavy atom. The molecule has 0 bridgehead atoms. The first-order chi connectivity index (χ1) is 21.6. The first-order valence-corrected chi connectivity index (χ1v) is 16.9. The van der Waals surface area contributed by atoms with Gasteiger partial charge in [-0.1, -0.05) is 13.0 Å². The molecule has 1 aliphatic rings. The number of fused-ring (bicyclic) bond motifs is 1. The highest BCUT2D eigenvalue weighted by molar-refractivity contribution is 7.89. The predicted octanol–water partition coefficient (Wildman–Crippen LogP) is 5.57. The van der Waals surface area contributed by atoms with Crippen molar-refractivity contribution >= 4 is 38.7 Å². The molecule has 1 fully saturated rings. The lowest BCUT2D eigenvalue weighted by Crippen LogP contribution is -2.50. The number of halogens is 2. The van der Waals surface area contributed by atoms with E-state index in [-0.39, 0.29) is 24.7 Å². The topological polar surface area (TPSA) is 97.1 Å². The standard InChI is InChI=1S/C32H31F2N5O4S2/c1-4-26-31(25-11-10-24(20(2)30(25)34)32-36-27(18-44-32)21-5-7-22(33)8-6-21)39-17-23(9-12-28(39)35-26)37-13-15-38(16-14-37)45(41,42)19-29(40)43-3/h5-12,17-18H,4,13-16,19H2,1-3H3. The molecule has 9 nitrogen and oxygen atoms in total. The first-order valence-electron chi connectivity index (χ1n) is 14.4. The number of sulfonamides is 1. The minimum absolute atomic E-state index is 0.225. The van der Waals surface area contributed by atoms with Gasteiger partial charge in [-0.15, -0.1) is 11.3 Å². The van der Waals surface area contributed by atoms with Gasteiger partial charge in [-0.05, 0) is 61.4 Å². The molecule has 3 aromatic heterocycles. The second kappa shape index (κ2) is 12.3. The number of ether oxygens (including phenoxy) is 1. The number of methoxy groups -OCH3 is 1. The summed E-state index contributed by atoms with van der Waals surface area (Å²) in [5, 5.41) is 2.55. The lowest BCUT2D eigenvalue weighted by molar-refractivity contribution is -0.137. The van der Waals surface area contributed by atoms with E-state index in [0.29, 0.717) is 58.2 Å². The van der Waals surface area contributed by atoms with Crippen molar-refractivity contribution < 1.29 is 26.7 Å². The number of imidazole rings is 1. The molecule has 45 heavy (non-hydrogen) atoms. The number of carbonyl (C=O) groups is 1. The van der Waals surface area contributed by atoms with Gasteiger partial charge in [-0.3, -0.25) is 9.20 Å². The van der Waals surface area contributed by atoms with Crippen molar-refractivity contribution in [3.05, 3.63) is 83.0 Å². The Balaban J connectivity index is 1.30. The number of rotatable bonds is 8. The summed E-state index contributed by atoms with van der Waals surface area (Å²) in [5.41, 5.74) is 5.99. The van der Waals surface area contributed by atoms with Crippen molar-refractivity contribution in [1.29, 1.82) is 0 Å². The summed E-state index contributed by atoms with van der Waals surface area (Å²) in [5.74, 6) is -2.16. The fourth-order valence-electron chi connectivity index (χ4n) is 5.57. The van der Waals surface area contributed by atoms with Gasteiger partial charge in [0.2, 0.25) is 10.0 Å². The number of esters is 1. The molecule has 0 spiro atoms. The maximum absolute atomic E-state index is 16.2. The number of carbonyl (C=O) groups excluding carboxylic acids is 1. The molecule has 4 heterocycles. The van der Waals surface area contributed by atoms with Crippen molar-refractivity contribution in [2.75, 3.05) is 43.9 Å². The second-order valence-corrected chi connectivity index (χ2v) is 13.6. The van der Waals surface area contributed by atoms with Crippen molar-refractivity contribution in [2.45, 2.75) is 20.3 Å². The summed E-state index contributed by atoms with van der Waals surface area (Å²) in [4.78, 5) is 23.1. The highest BCUT2D eigenvalue weighted by atomic mass is 32.2. The third-order valence-electron chi connectivity index (χ3n) is 8.05. The molecule has 0 aliphatic carbocycles. The zero-order chi connectivity index (χ0) is 31.9. The van der Waals surface area contributed by atoms with E-state index in [0.717, 1.165) is 24.1 Å². The van der Waals surface area contributed by atoms with Crippen LogP contribution in [0.1, 0.15) is 18.2 Å². The van der Waals surface area contributed by atoms with E-state index in [9.17, 15) is 17.6 Å². The quantitative estimate of drug-likeness (QED) is 0.203. The van der Waals surface area contributed by atoms with Gasteiger partial charge in [0.25, 0.3) is 0 Å². The number of hydrogen-bond acceptors (Lipinski definition) is 8. The van der Waals surface area contributed by atoms with Crippen LogP contribution in [0.3, 0.4) is 0 Å². The van der Waals surface area contributed by atoms with Crippen LogP contribution in [0.5, 0.6) is 0 Å². The Hall–Kier alpha value is -4.20. The molecule has 0 saturated carbocycles. The lowest BCUT2D eigenvalue weighted by atomic mass is 10.0. The van der Waals surface area contributed by atoms with Gasteiger partial charge in [0.15, 0.2) is 5.75 Å². The zero-order valence-electron chi connectivity index (χ0n) is 25.0. The highest BCUT2D eigenvalue weighted by Crippen LogP contribution is 2.37. The van der Waals surface area contributed by atoms with Crippen molar-refractivity contribution in [3.63, 3.8) is 0 Å². The first kappa shape index (κ1) is 30.8. The smallest absolute Gasteiger partial charge is 0.322 e. The minimum atomic E-state index is -3.77. The average molecular weight is 652 g/mol. The van der Waals surface area contributed by atoms with Crippen LogP contribution >= 0.6 is 11.3 Å². The van der Waals surface area contributed by atoms with Crippen LogP contribution in [0.15, 0.2) is 60.1 Å². The molecule has 5 aromatic rings. The van der Waals surface area contributed by atoms with E-state index >= 15 is 4.39 Å². The predicted molar refractivity (Wildman–Crippen MR) is 171 cm³/mol. The molecule has 234 valence electrons. The van der Waals surface area contributed by atoms with E-state index in [1.54, 1.807) is 25.1 Å². The van der Waals surface area contributed by atoms with Gasteiger partial charge >= 0.3 is 5.97 Å². The number of aryl methyl sites for hydroxylation is 1. The molecule has 13 heteroatoms. The Labute approximate surface area is 263 Å². The number of piperazine rings is 1. The number of hydrogen-bond donors (Lipinski definition) is 0. The number of pyridine rings is 1. The normalized spacial score (nSPS) is 14.3. The van der Waals surface area contributed by atoms with Crippen LogP contribution in [0.4, 0.5) is 14.5 Å². The van der Waals surface area contributed by atoms with Gasteiger partial charge in [0.1, 0.15) is 22.3 Å². The third kappa shape index (κ3) is 5.95. The number of thiazole rings is 1. The molecule has 0 atom stereocenters. The fraction of sp³-hybridized carbons (Fsp3) is 0.281. The van der Waals surface area contributed by atoms with Gasteiger partial charge in [-0.2, -0.15) is 4.31 Å². The van der Waals surface area contributed by atoms with E-state index in [4.69, 9.17) is 9.97 Å². The third-order valence-corrected chi connectivity index (χ3v) is 10.7. The Bertz CT molecular complexity index is 2000. The van der Waals surface area contributed by atoms with Crippen LogP contribution in [-0.2, 0) is 26.0 Å². The van der Waals surface area contributed by atoms with E-state index in [1.165, 1.54) is 27.8 Å². The largest absolute Gasteiger partial charge is 0.468 e. The molecule has 2 aromatic carbocycles. The number of aromatic nitrogens is 3. The van der Waals surface area contributed by atoms with E-state index in [1.807, 2.05) is 41.1 Å².